The van der Waals surface area contributed by atoms with Gasteiger partial charge >= 0.3 is 0 Å². The lowest BCUT2D eigenvalue weighted by Gasteiger charge is -2.32. The second kappa shape index (κ2) is 7.55. The molecule has 1 amide bonds. The van der Waals surface area contributed by atoms with E-state index in [2.05, 4.69) is 31.2 Å². The van der Waals surface area contributed by atoms with Crippen LogP contribution in [0.15, 0.2) is 30.7 Å². The summed E-state index contributed by atoms with van der Waals surface area (Å²) in [7, 11) is 0. The highest BCUT2D eigenvalue weighted by molar-refractivity contribution is 7.15. The first-order valence-corrected chi connectivity index (χ1v) is 9.84. The van der Waals surface area contributed by atoms with Gasteiger partial charge in [0.25, 0.3) is 0 Å². The number of pyridine rings is 1. The quantitative estimate of drug-likeness (QED) is 0.723. The summed E-state index contributed by atoms with van der Waals surface area (Å²) in [6.45, 7) is 4.63. The predicted molar refractivity (Wildman–Crippen MR) is 104 cm³/mol. The first-order chi connectivity index (χ1) is 12.7. The minimum Gasteiger partial charge on any atom is -0.360 e. The van der Waals surface area contributed by atoms with Crippen molar-refractivity contribution in [1.29, 1.82) is 0 Å². The molecule has 1 fully saturated rings. The number of thiazole rings is 1. The van der Waals surface area contributed by atoms with E-state index in [9.17, 15) is 4.79 Å². The van der Waals surface area contributed by atoms with Crippen molar-refractivity contribution in [3.05, 3.63) is 41.2 Å². The van der Waals surface area contributed by atoms with E-state index in [-0.39, 0.29) is 5.91 Å². The van der Waals surface area contributed by atoms with Crippen molar-refractivity contribution in [2.24, 2.45) is 5.92 Å². The first-order valence-electron chi connectivity index (χ1n) is 9.02. The van der Waals surface area contributed by atoms with Gasteiger partial charge in [0.15, 0.2) is 5.13 Å². The van der Waals surface area contributed by atoms with Gasteiger partial charge in [-0.1, -0.05) is 0 Å². The SMILES string of the molecule is CC(=O)Nc1ncc(CN2CCCC(Cc3cnc4cc[nH]c4c3)C2)s1. The second-order valence-corrected chi connectivity index (χ2v) is 8.13. The van der Waals surface area contributed by atoms with Crippen LogP contribution in [-0.4, -0.2) is 38.8 Å². The molecular weight excluding hydrogens is 346 g/mol. The summed E-state index contributed by atoms with van der Waals surface area (Å²) < 4.78 is 0. The molecular formula is C19H23N5OS. The zero-order chi connectivity index (χ0) is 17.9. The van der Waals surface area contributed by atoms with Gasteiger partial charge < -0.3 is 10.3 Å². The summed E-state index contributed by atoms with van der Waals surface area (Å²) in [5, 5.41) is 3.44. The lowest BCUT2D eigenvalue weighted by Crippen LogP contribution is -2.35. The Morgan fingerprint density at radius 1 is 1.42 bits per heavy atom. The Morgan fingerprint density at radius 2 is 2.35 bits per heavy atom. The second-order valence-electron chi connectivity index (χ2n) is 7.01. The van der Waals surface area contributed by atoms with Crippen molar-refractivity contribution in [1.82, 2.24) is 19.9 Å². The Balaban J connectivity index is 1.36. The highest BCUT2D eigenvalue weighted by Gasteiger charge is 2.21. The number of hydrogen-bond donors (Lipinski definition) is 2. The molecule has 0 radical (unpaired) electrons. The van der Waals surface area contributed by atoms with Crippen molar-refractivity contribution < 1.29 is 4.79 Å². The Bertz CT molecular complexity index is 902. The number of hydrogen-bond acceptors (Lipinski definition) is 5. The van der Waals surface area contributed by atoms with Crippen LogP contribution in [0.3, 0.4) is 0 Å². The topological polar surface area (TPSA) is 73.9 Å². The Morgan fingerprint density at radius 3 is 3.23 bits per heavy atom. The fraction of sp³-hybridized carbons (Fsp3) is 0.421. The molecule has 26 heavy (non-hydrogen) atoms. The van der Waals surface area contributed by atoms with Crippen LogP contribution in [-0.2, 0) is 17.8 Å². The fourth-order valence-electron chi connectivity index (χ4n) is 3.69. The Hall–Kier alpha value is -2.25. The third kappa shape index (κ3) is 4.11. The zero-order valence-electron chi connectivity index (χ0n) is 14.9. The van der Waals surface area contributed by atoms with E-state index in [1.807, 2.05) is 24.7 Å². The van der Waals surface area contributed by atoms with Crippen LogP contribution in [0, 0.1) is 5.92 Å². The Kier molecular flexibility index (Phi) is 4.99. The van der Waals surface area contributed by atoms with E-state index in [1.54, 1.807) is 11.3 Å². The molecule has 0 aliphatic carbocycles. The normalized spacial score (nSPS) is 18.3. The predicted octanol–water partition coefficient (Wildman–Crippen LogP) is 3.43. The molecule has 1 atom stereocenters. The third-order valence-electron chi connectivity index (χ3n) is 4.80. The number of carbonyl (C=O) groups excluding carboxylic acids is 1. The molecule has 0 bridgehead atoms. The number of piperidine rings is 1. The van der Waals surface area contributed by atoms with Gasteiger partial charge in [-0.2, -0.15) is 0 Å². The van der Waals surface area contributed by atoms with E-state index in [1.165, 1.54) is 30.2 Å². The van der Waals surface area contributed by atoms with E-state index in [0.29, 0.717) is 11.0 Å². The van der Waals surface area contributed by atoms with E-state index in [4.69, 9.17) is 0 Å². The number of likely N-dealkylation sites (tertiary alicyclic amines) is 1. The highest BCUT2D eigenvalue weighted by atomic mass is 32.1. The highest BCUT2D eigenvalue weighted by Crippen LogP contribution is 2.25. The van der Waals surface area contributed by atoms with E-state index in [0.717, 1.165) is 37.1 Å². The Labute approximate surface area is 156 Å². The summed E-state index contributed by atoms with van der Waals surface area (Å²) in [5.41, 5.74) is 3.45. The van der Waals surface area contributed by atoms with Crippen molar-refractivity contribution >= 4 is 33.4 Å². The number of aromatic amines is 1. The number of carbonyl (C=O) groups is 1. The maximum Gasteiger partial charge on any atom is 0.223 e. The fourth-order valence-corrected chi connectivity index (χ4v) is 4.59. The van der Waals surface area contributed by atoms with Gasteiger partial charge in [-0.05, 0) is 49.4 Å². The standard InChI is InChI=1S/C19H23N5OS/c1-13(25)23-19-22-10-16(26-19)12-24-6-2-3-14(11-24)7-15-8-18-17(21-9-15)4-5-20-18/h4-5,8-10,14,20H,2-3,6-7,11-12H2,1H3,(H,22,23,25). The van der Waals surface area contributed by atoms with Gasteiger partial charge in [0.2, 0.25) is 5.91 Å². The number of rotatable bonds is 5. The maximum atomic E-state index is 11.1. The van der Waals surface area contributed by atoms with Crippen LogP contribution < -0.4 is 5.32 Å². The van der Waals surface area contributed by atoms with Crippen molar-refractivity contribution in [2.75, 3.05) is 18.4 Å². The minimum absolute atomic E-state index is 0.0726. The van der Waals surface area contributed by atoms with Gasteiger partial charge in [-0.25, -0.2) is 4.98 Å². The molecule has 4 rings (SSSR count). The molecule has 0 saturated carbocycles. The number of anilines is 1. The van der Waals surface area contributed by atoms with Crippen molar-refractivity contribution in [3.63, 3.8) is 0 Å². The summed E-state index contributed by atoms with van der Waals surface area (Å²) in [4.78, 5) is 26.9. The molecule has 0 aromatic carbocycles. The van der Waals surface area contributed by atoms with Crippen LogP contribution in [0.4, 0.5) is 5.13 Å². The number of amides is 1. The van der Waals surface area contributed by atoms with E-state index >= 15 is 0 Å². The molecule has 1 aliphatic rings. The van der Waals surface area contributed by atoms with Crippen LogP contribution >= 0.6 is 11.3 Å². The first kappa shape index (κ1) is 17.2. The average molecular weight is 369 g/mol. The third-order valence-corrected chi connectivity index (χ3v) is 5.70. The zero-order valence-corrected chi connectivity index (χ0v) is 15.7. The van der Waals surface area contributed by atoms with Crippen LogP contribution in [0.5, 0.6) is 0 Å². The number of nitrogens with one attached hydrogen (secondary N) is 2. The average Bonchev–Trinajstić information content (AvgIpc) is 3.23. The number of H-pyrrole nitrogens is 1. The number of aromatic nitrogens is 3. The number of nitrogens with zero attached hydrogens (tertiary/aromatic N) is 3. The van der Waals surface area contributed by atoms with Crippen LogP contribution in [0.2, 0.25) is 0 Å². The van der Waals surface area contributed by atoms with Gasteiger partial charge in [-0.3, -0.25) is 14.7 Å². The van der Waals surface area contributed by atoms with E-state index < -0.39 is 0 Å². The molecule has 2 N–H and O–H groups in total. The summed E-state index contributed by atoms with van der Waals surface area (Å²) in [5.74, 6) is 0.581. The van der Waals surface area contributed by atoms with Crippen LogP contribution in [0.25, 0.3) is 11.0 Å². The molecule has 6 nitrogen and oxygen atoms in total. The molecule has 136 valence electrons. The lowest BCUT2D eigenvalue weighted by molar-refractivity contribution is -0.114. The molecule has 1 saturated heterocycles. The summed E-state index contributed by atoms with van der Waals surface area (Å²) in [6.07, 6.45) is 9.38. The van der Waals surface area contributed by atoms with Crippen LogP contribution in [0.1, 0.15) is 30.2 Å². The maximum absolute atomic E-state index is 11.1. The molecule has 1 aliphatic heterocycles. The smallest absolute Gasteiger partial charge is 0.223 e. The van der Waals surface area contributed by atoms with Crippen molar-refractivity contribution in [2.45, 2.75) is 32.7 Å². The largest absolute Gasteiger partial charge is 0.360 e. The molecule has 7 heteroatoms. The summed E-state index contributed by atoms with van der Waals surface area (Å²) in [6, 6.07) is 4.23. The van der Waals surface area contributed by atoms with Gasteiger partial charge in [-0.15, -0.1) is 11.3 Å². The van der Waals surface area contributed by atoms with Gasteiger partial charge in [0.1, 0.15) is 0 Å². The lowest BCUT2D eigenvalue weighted by atomic mass is 9.92. The molecule has 3 aromatic rings. The minimum atomic E-state index is -0.0726. The molecule has 4 heterocycles. The number of fused-ring (bicyclic) bond motifs is 1. The molecule has 1 unspecified atom stereocenters. The van der Waals surface area contributed by atoms with Gasteiger partial charge in [0, 0.05) is 43.5 Å². The van der Waals surface area contributed by atoms with Gasteiger partial charge in [0.05, 0.1) is 11.0 Å². The monoisotopic (exact) mass is 369 g/mol. The van der Waals surface area contributed by atoms with Crippen molar-refractivity contribution in [3.8, 4) is 0 Å². The molecule has 0 spiro atoms. The molecule has 3 aromatic heterocycles. The summed E-state index contributed by atoms with van der Waals surface area (Å²) >= 11 is 1.56.